The molecule has 3 N–H and O–H groups in total. The van der Waals surface area contributed by atoms with E-state index in [0.717, 1.165) is 0 Å². The molecule has 0 aromatic rings. The van der Waals surface area contributed by atoms with Crippen LogP contribution in [0.2, 0.25) is 0 Å². The maximum absolute atomic E-state index is 10.0. The van der Waals surface area contributed by atoms with E-state index in [9.17, 15) is 9.90 Å². The Morgan fingerprint density at radius 2 is 2.20 bits per heavy atom. The molecule has 0 saturated carbocycles. The highest BCUT2D eigenvalue weighted by atomic mass is 16.4. The lowest BCUT2D eigenvalue weighted by Crippen LogP contribution is -2.45. The summed E-state index contributed by atoms with van der Waals surface area (Å²) < 4.78 is 0. The maximum atomic E-state index is 10.0. The van der Waals surface area contributed by atoms with Crippen LogP contribution in [-0.2, 0) is 4.79 Å². The van der Waals surface area contributed by atoms with E-state index < -0.39 is 17.6 Å². The third kappa shape index (κ3) is 4.29. The number of carboxylic acid groups (broad SMARTS) is 1. The van der Waals surface area contributed by atoms with E-state index >= 15 is 0 Å². The van der Waals surface area contributed by atoms with Gasteiger partial charge < -0.3 is 20.7 Å². The summed E-state index contributed by atoms with van der Waals surface area (Å²) in [7, 11) is 0. The molecule has 10 heavy (non-hydrogen) atoms. The van der Waals surface area contributed by atoms with Crippen LogP contribution in [0.4, 0.5) is 0 Å². The second-order valence-electron chi connectivity index (χ2n) is 2.94. The van der Waals surface area contributed by atoms with Gasteiger partial charge in [0.05, 0.1) is 11.6 Å². The van der Waals surface area contributed by atoms with E-state index in [1.54, 1.807) is 0 Å². The van der Waals surface area contributed by atoms with Crippen molar-refractivity contribution >= 4 is 5.97 Å². The van der Waals surface area contributed by atoms with Crippen molar-refractivity contribution in [1.82, 2.24) is 0 Å². The fraction of sp³-hybridized carbons (Fsp3) is 0.833. The third-order valence-electron chi connectivity index (χ3n) is 1.02. The summed E-state index contributed by atoms with van der Waals surface area (Å²) in [5, 5.41) is 19.1. The number of nitrogens with two attached hydrogens (primary N) is 1. The average Bonchev–Trinajstić information content (AvgIpc) is 1.60. The largest absolute Gasteiger partial charge is 0.548 e. The van der Waals surface area contributed by atoms with Crippen molar-refractivity contribution in [3.63, 3.8) is 0 Å². The normalized spacial score (nSPS) is 14.8. The highest BCUT2D eigenvalue weighted by Gasteiger charge is 2.17. The predicted octanol–water partition coefficient (Wildman–Crippen LogP) is -1.78. The van der Waals surface area contributed by atoms with Gasteiger partial charge in [-0.1, -0.05) is 0 Å². The Balaban J connectivity index is 3.80. The van der Waals surface area contributed by atoms with Crippen molar-refractivity contribution in [3.8, 4) is 0 Å². The molecule has 0 aliphatic heterocycles. The summed E-state index contributed by atoms with van der Waals surface area (Å²) in [5.41, 5.74) is 4.04. The maximum Gasteiger partial charge on any atom is 0.0610 e. The standard InChI is InChI=1S/C6H13NO3/c1-6(2,10)3-4(7)5(8)9/h4,10H,3,7H2,1-2H3,(H,8,9)/p-1. The molecule has 0 radical (unpaired) electrons. The highest BCUT2D eigenvalue weighted by molar-refractivity contribution is 5.70. The van der Waals surface area contributed by atoms with Gasteiger partial charge in [-0.2, -0.15) is 0 Å². The number of carbonyl (C=O) groups is 1. The number of carbonyl (C=O) groups excluding carboxylic acids is 1. The summed E-state index contributed by atoms with van der Waals surface area (Å²) >= 11 is 0. The van der Waals surface area contributed by atoms with Crippen LogP contribution in [-0.4, -0.2) is 22.7 Å². The van der Waals surface area contributed by atoms with Crippen molar-refractivity contribution < 1.29 is 15.0 Å². The summed E-state index contributed by atoms with van der Waals surface area (Å²) in [6.07, 6.45) is 0.00926. The predicted molar refractivity (Wildman–Crippen MR) is 33.9 cm³/mol. The molecule has 60 valence electrons. The van der Waals surface area contributed by atoms with Crippen molar-refractivity contribution in [2.24, 2.45) is 5.73 Å². The minimum Gasteiger partial charge on any atom is -0.548 e. The Morgan fingerprint density at radius 3 is 2.30 bits per heavy atom. The number of hydrogen-bond donors (Lipinski definition) is 2. The Bertz CT molecular complexity index is 127. The fourth-order valence-corrected chi connectivity index (χ4v) is 0.622. The Morgan fingerprint density at radius 1 is 1.80 bits per heavy atom. The first kappa shape index (κ1) is 9.39. The van der Waals surface area contributed by atoms with Gasteiger partial charge >= 0.3 is 0 Å². The molecule has 4 heteroatoms. The Kier molecular flexibility index (Phi) is 2.80. The number of aliphatic hydroxyl groups is 1. The molecule has 0 bridgehead atoms. The molecule has 0 spiro atoms. The molecular weight excluding hydrogens is 134 g/mol. The number of carboxylic acids is 1. The van der Waals surface area contributed by atoms with Gasteiger partial charge in [-0.25, -0.2) is 0 Å². The molecule has 0 saturated heterocycles. The Hall–Kier alpha value is -0.610. The molecule has 1 atom stereocenters. The van der Waals surface area contributed by atoms with Gasteiger partial charge in [-0.3, -0.25) is 0 Å². The zero-order valence-corrected chi connectivity index (χ0v) is 6.13. The highest BCUT2D eigenvalue weighted by Crippen LogP contribution is 2.08. The molecular formula is C6H12NO3-. The van der Waals surface area contributed by atoms with Gasteiger partial charge in [0.15, 0.2) is 0 Å². The summed E-state index contributed by atoms with van der Waals surface area (Å²) in [6.45, 7) is 2.99. The van der Waals surface area contributed by atoms with E-state index in [2.05, 4.69) is 0 Å². The van der Waals surface area contributed by atoms with E-state index in [1.807, 2.05) is 0 Å². The van der Waals surface area contributed by atoms with Crippen LogP contribution < -0.4 is 10.8 Å². The van der Waals surface area contributed by atoms with E-state index in [1.165, 1.54) is 13.8 Å². The van der Waals surface area contributed by atoms with Gasteiger partial charge in [-0.15, -0.1) is 0 Å². The summed E-state index contributed by atoms with van der Waals surface area (Å²) in [6, 6.07) is -1.08. The third-order valence-corrected chi connectivity index (χ3v) is 1.02. The van der Waals surface area contributed by atoms with E-state index in [-0.39, 0.29) is 6.42 Å². The summed E-state index contributed by atoms with van der Waals surface area (Å²) in [5.74, 6) is -1.33. The van der Waals surface area contributed by atoms with Crippen molar-refractivity contribution in [2.45, 2.75) is 31.9 Å². The topological polar surface area (TPSA) is 86.4 Å². The summed E-state index contributed by atoms with van der Waals surface area (Å²) in [4.78, 5) is 10.0. The Labute approximate surface area is 59.7 Å². The first-order valence-electron chi connectivity index (χ1n) is 3.02. The van der Waals surface area contributed by atoms with Gasteiger partial charge in [0.2, 0.25) is 0 Å². The average molecular weight is 146 g/mol. The van der Waals surface area contributed by atoms with Crippen molar-refractivity contribution in [3.05, 3.63) is 0 Å². The zero-order chi connectivity index (χ0) is 8.36. The molecule has 0 rings (SSSR count). The van der Waals surface area contributed by atoms with E-state index in [0.29, 0.717) is 0 Å². The monoisotopic (exact) mass is 146 g/mol. The first-order valence-corrected chi connectivity index (χ1v) is 3.02. The van der Waals surface area contributed by atoms with Gasteiger partial charge in [0.25, 0.3) is 0 Å². The second kappa shape index (κ2) is 2.98. The molecule has 1 unspecified atom stereocenters. The van der Waals surface area contributed by atoms with Crippen LogP contribution >= 0.6 is 0 Å². The lowest BCUT2D eigenvalue weighted by atomic mass is 10.0. The smallest absolute Gasteiger partial charge is 0.0610 e. The van der Waals surface area contributed by atoms with E-state index in [4.69, 9.17) is 10.8 Å². The van der Waals surface area contributed by atoms with Crippen molar-refractivity contribution in [1.29, 1.82) is 0 Å². The fourth-order valence-electron chi connectivity index (χ4n) is 0.622. The zero-order valence-electron chi connectivity index (χ0n) is 6.13. The SMILES string of the molecule is CC(C)(O)CC(N)C(=O)[O-]. The van der Waals surface area contributed by atoms with Gasteiger partial charge in [0.1, 0.15) is 0 Å². The molecule has 0 fully saturated rings. The van der Waals surface area contributed by atoms with Crippen LogP contribution in [0.5, 0.6) is 0 Å². The molecule has 0 aromatic carbocycles. The molecule has 4 nitrogen and oxygen atoms in total. The molecule has 0 heterocycles. The quantitative estimate of drug-likeness (QED) is 0.493. The second-order valence-corrected chi connectivity index (χ2v) is 2.94. The minimum absolute atomic E-state index is 0.00926. The van der Waals surface area contributed by atoms with Crippen LogP contribution in [0.25, 0.3) is 0 Å². The first-order chi connectivity index (χ1) is 4.33. The number of rotatable bonds is 3. The number of aliphatic carboxylic acids is 1. The van der Waals surface area contributed by atoms with Crippen LogP contribution in [0, 0.1) is 0 Å². The molecule has 0 amide bonds. The van der Waals surface area contributed by atoms with Crippen molar-refractivity contribution in [2.75, 3.05) is 0 Å². The lowest BCUT2D eigenvalue weighted by Gasteiger charge is -2.22. The lowest BCUT2D eigenvalue weighted by molar-refractivity contribution is -0.308. The van der Waals surface area contributed by atoms with Crippen LogP contribution in [0.15, 0.2) is 0 Å². The van der Waals surface area contributed by atoms with Crippen LogP contribution in [0.3, 0.4) is 0 Å². The number of hydrogen-bond acceptors (Lipinski definition) is 4. The molecule has 0 aromatic heterocycles. The molecule has 0 aliphatic carbocycles. The minimum atomic E-state index is -1.33. The van der Waals surface area contributed by atoms with Crippen LogP contribution in [0.1, 0.15) is 20.3 Å². The molecule has 0 aliphatic rings. The van der Waals surface area contributed by atoms with Gasteiger partial charge in [-0.05, 0) is 20.3 Å². The van der Waals surface area contributed by atoms with Gasteiger partial charge in [0, 0.05) is 6.04 Å².